The van der Waals surface area contributed by atoms with E-state index in [1.807, 2.05) is 45.4 Å². The number of carboxylic acids is 1. The lowest BCUT2D eigenvalue weighted by atomic mass is 9.96. The summed E-state index contributed by atoms with van der Waals surface area (Å²) in [5, 5.41) is 21.6. The topological polar surface area (TPSA) is 120 Å². The van der Waals surface area contributed by atoms with Crippen molar-refractivity contribution in [2.24, 2.45) is 0 Å². The Morgan fingerprint density at radius 1 is 1.08 bits per heavy atom. The predicted molar refractivity (Wildman–Crippen MR) is 183 cm³/mol. The fourth-order valence-electron chi connectivity index (χ4n) is 7.49. The highest BCUT2D eigenvalue weighted by molar-refractivity contribution is 7.98. The summed E-state index contributed by atoms with van der Waals surface area (Å²) < 4.78 is 19.6. The fraction of sp³-hybridized carbons (Fsp3) is 0.429. The Balaban J connectivity index is 1.66. The van der Waals surface area contributed by atoms with Crippen LogP contribution < -0.4 is 9.64 Å². The highest BCUT2D eigenvalue weighted by atomic mass is 35.5. The lowest BCUT2D eigenvalue weighted by Gasteiger charge is -2.54. The average Bonchev–Trinajstić information content (AvgIpc) is 3.46. The molecule has 0 radical (unpaired) electrons. The molecule has 0 spiro atoms. The molecule has 2 aliphatic rings. The van der Waals surface area contributed by atoms with Gasteiger partial charge in [0.15, 0.2) is 6.04 Å². The van der Waals surface area contributed by atoms with Gasteiger partial charge in [-0.2, -0.15) is 16.8 Å². The second-order valence-corrected chi connectivity index (χ2v) is 14.0. The summed E-state index contributed by atoms with van der Waals surface area (Å²) in [6.07, 6.45) is 3.02. The lowest BCUT2D eigenvalue weighted by molar-refractivity contribution is -1.05. The highest BCUT2D eigenvalue weighted by Gasteiger charge is 2.55. The maximum absolute atomic E-state index is 14.8. The van der Waals surface area contributed by atoms with E-state index in [4.69, 9.17) is 16.3 Å². The van der Waals surface area contributed by atoms with E-state index >= 15 is 0 Å². The quantitative estimate of drug-likeness (QED) is 0.0952. The smallest absolute Gasteiger partial charge is 0.480 e. The van der Waals surface area contributed by atoms with E-state index in [-0.39, 0.29) is 33.4 Å². The molecular weight excluding hydrogens is 659 g/mol. The predicted octanol–water partition coefficient (Wildman–Crippen LogP) is 6.91. The molecule has 1 aliphatic carbocycles. The molecule has 3 aromatic rings. The molecule has 1 fully saturated rings. The van der Waals surface area contributed by atoms with Crippen LogP contribution in [-0.4, -0.2) is 87.1 Å². The number of ether oxygens (including phenoxy) is 1. The number of halogens is 2. The van der Waals surface area contributed by atoms with Gasteiger partial charge in [0, 0.05) is 55.0 Å². The molecule has 5 rings (SSSR count). The molecule has 2 N–H and O–H groups in total. The molecule has 1 aromatic heterocycles. The van der Waals surface area contributed by atoms with Gasteiger partial charge in [0.05, 0.1) is 17.6 Å². The van der Waals surface area contributed by atoms with E-state index < -0.39 is 35.9 Å². The van der Waals surface area contributed by atoms with E-state index in [1.54, 1.807) is 12.1 Å². The first-order chi connectivity index (χ1) is 22.8. The number of aliphatic carboxylic acids is 1. The zero-order valence-electron chi connectivity index (χ0n) is 27.5. The molecule has 13 heteroatoms. The number of carboxylic acid groups (broad SMARTS) is 2. The van der Waals surface area contributed by atoms with Gasteiger partial charge in [0.1, 0.15) is 23.7 Å². The number of aryl methyl sites for hydroxylation is 3. The first-order valence-corrected chi connectivity index (χ1v) is 17.7. The van der Waals surface area contributed by atoms with Gasteiger partial charge >= 0.3 is 18.0 Å². The van der Waals surface area contributed by atoms with E-state index in [9.17, 15) is 29.0 Å². The number of nitrogens with zero attached hydrogens (tertiary/aromatic N) is 4. The molecular formula is C35H41ClFN4O6S+. The Labute approximate surface area is 289 Å². The van der Waals surface area contributed by atoms with Crippen molar-refractivity contribution in [3.63, 3.8) is 0 Å². The highest BCUT2D eigenvalue weighted by Crippen LogP contribution is 2.47. The number of aromatic nitrogens is 1. The Morgan fingerprint density at radius 3 is 2.40 bits per heavy atom. The molecule has 3 atom stereocenters. The van der Waals surface area contributed by atoms with Gasteiger partial charge in [-0.25, -0.2) is 18.6 Å². The van der Waals surface area contributed by atoms with Gasteiger partial charge in [0.2, 0.25) is 0 Å². The van der Waals surface area contributed by atoms with Crippen molar-refractivity contribution in [3.05, 3.63) is 87.4 Å². The van der Waals surface area contributed by atoms with Crippen molar-refractivity contribution in [2.45, 2.75) is 64.1 Å². The lowest BCUT2D eigenvalue weighted by Crippen LogP contribution is -2.71. The van der Waals surface area contributed by atoms with Crippen LogP contribution in [-0.2, 0) is 11.2 Å². The van der Waals surface area contributed by atoms with Crippen molar-refractivity contribution < 1.29 is 38.3 Å². The molecule has 2 unspecified atom stereocenters. The zero-order valence-corrected chi connectivity index (χ0v) is 29.1. The second kappa shape index (κ2) is 14.7. The van der Waals surface area contributed by atoms with Gasteiger partial charge in [-0.05, 0) is 86.7 Å². The third-order valence-electron chi connectivity index (χ3n) is 9.64. The molecule has 10 nitrogen and oxygen atoms in total. The average molecular weight is 700 g/mol. The number of piperidine rings is 1. The number of rotatable bonds is 11. The fourth-order valence-corrected chi connectivity index (χ4v) is 8.15. The van der Waals surface area contributed by atoms with Crippen LogP contribution in [0.4, 0.5) is 14.9 Å². The van der Waals surface area contributed by atoms with Crippen LogP contribution in [0.1, 0.15) is 64.6 Å². The number of quaternary nitrogens is 1. The number of hydrogen-bond acceptors (Lipinski definition) is 7. The minimum atomic E-state index is -1.45. The van der Waals surface area contributed by atoms with Crippen molar-refractivity contribution in [1.82, 2.24) is 9.99 Å². The van der Waals surface area contributed by atoms with Gasteiger partial charge in [0.25, 0.3) is 0 Å². The summed E-state index contributed by atoms with van der Waals surface area (Å²) in [4.78, 5) is 46.3. The number of amides is 1. The number of pyridine rings is 1. The maximum Gasteiger partial charge on any atom is 0.511 e. The number of carbonyl (C=O) groups is 3. The van der Waals surface area contributed by atoms with Crippen molar-refractivity contribution >= 4 is 47.1 Å². The first-order valence-electron chi connectivity index (χ1n) is 15.9. The third kappa shape index (κ3) is 7.25. The minimum Gasteiger partial charge on any atom is -0.480 e. The SMILES string of the molecule is CSCC[C@@H](C(=O)O)N(C(=O)c1cc(F)ccc1Cl)[N+](C)(C1CCN(c2cc(C)nc(C)c2)CC1)C1CCc2ccc(OC(=O)O)cc21. The molecule has 1 amide bonds. The molecule has 2 heterocycles. The van der Waals surface area contributed by atoms with Crippen LogP contribution in [0, 0.1) is 19.7 Å². The van der Waals surface area contributed by atoms with Gasteiger partial charge in [-0.3, -0.25) is 9.78 Å². The van der Waals surface area contributed by atoms with E-state index in [0.717, 1.165) is 40.3 Å². The van der Waals surface area contributed by atoms with Crippen LogP contribution in [0.15, 0.2) is 48.5 Å². The zero-order chi connectivity index (χ0) is 34.7. The standard InChI is InChI=1S/C35H40ClFN4O6S/c1-21-17-25(18-22(2)38-21)39-14-11-26(12-15-39)41(3,32-10-6-23-5-8-27(20-28(23)32)47-35(45)46)40(31(34(43)44)13-16-48-4)33(42)29-19-24(37)7-9-30(29)36/h5,7-9,17-20,26,31-32H,6,10-16H2,1-4H3,(H-,43,44,45,46)/p+1/t31-,32?,41?/m0/s1. The van der Waals surface area contributed by atoms with Crippen LogP contribution in [0.2, 0.25) is 5.02 Å². The third-order valence-corrected chi connectivity index (χ3v) is 10.6. The van der Waals surface area contributed by atoms with Gasteiger partial charge in [-0.1, -0.05) is 17.7 Å². The molecule has 2 aromatic carbocycles. The summed E-state index contributed by atoms with van der Waals surface area (Å²) in [6.45, 7) is 5.21. The van der Waals surface area contributed by atoms with Crippen LogP contribution in [0.25, 0.3) is 0 Å². The maximum atomic E-state index is 14.8. The molecule has 48 heavy (non-hydrogen) atoms. The van der Waals surface area contributed by atoms with Crippen molar-refractivity contribution in [1.29, 1.82) is 0 Å². The minimum absolute atomic E-state index is 0.0224. The Hall–Kier alpha value is -3.87. The molecule has 0 saturated carbocycles. The first kappa shape index (κ1) is 35.4. The van der Waals surface area contributed by atoms with Crippen molar-refractivity contribution in [3.8, 4) is 5.75 Å². The van der Waals surface area contributed by atoms with Crippen molar-refractivity contribution in [2.75, 3.05) is 37.0 Å². The Bertz CT molecular complexity index is 1680. The van der Waals surface area contributed by atoms with E-state index in [2.05, 4.69) is 9.88 Å². The van der Waals surface area contributed by atoms with Crippen LogP contribution in [0.3, 0.4) is 0 Å². The van der Waals surface area contributed by atoms with E-state index in [0.29, 0.717) is 44.5 Å². The summed E-state index contributed by atoms with van der Waals surface area (Å²) in [7, 11) is 1.89. The number of anilines is 1. The monoisotopic (exact) mass is 699 g/mol. The number of benzene rings is 2. The van der Waals surface area contributed by atoms with E-state index in [1.165, 1.54) is 22.8 Å². The van der Waals surface area contributed by atoms with Crippen LogP contribution in [0.5, 0.6) is 5.75 Å². The van der Waals surface area contributed by atoms with Gasteiger partial charge < -0.3 is 19.8 Å². The second-order valence-electron chi connectivity index (χ2n) is 12.6. The number of hydrogen-bond donors (Lipinski definition) is 2. The molecule has 256 valence electrons. The van der Waals surface area contributed by atoms with Crippen LogP contribution >= 0.6 is 23.4 Å². The Morgan fingerprint density at radius 2 is 1.77 bits per heavy atom. The summed E-state index contributed by atoms with van der Waals surface area (Å²) in [6, 6.07) is 10.8. The number of carbonyl (C=O) groups excluding carboxylic acids is 1. The molecule has 1 saturated heterocycles. The Kier molecular flexibility index (Phi) is 10.9. The largest absolute Gasteiger partial charge is 0.511 e. The summed E-state index contributed by atoms with van der Waals surface area (Å²) >= 11 is 8.00. The number of fused-ring (bicyclic) bond motifs is 1. The summed E-state index contributed by atoms with van der Waals surface area (Å²) in [5.74, 6) is -1.90. The molecule has 0 bridgehead atoms. The normalized spacial score (nSPS) is 18.1. The number of thioether (sulfide) groups is 1. The molecule has 1 aliphatic heterocycles. The van der Waals surface area contributed by atoms with Gasteiger partial charge in [-0.15, -0.1) is 0 Å². The summed E-state index contributed by atoms with van der Waals surface area (Å²) in [5.41, 5.74) is 4.52.